The second-order valence-electron chi connectivity index (χ2n) is 9.08. The Bertz CT molecular complexity index is 1250. The quantitative estimate of drug-likeness (QED) is 0.249. The SMILES string of the molecule is Cc1cc(/C(O)=C2/C(=O)C(=O)N(CCOC(C)C)C2c2ccccc2)ccc1OCc1ccccc1. The van der Waals surface area contributed by atoms with E-state index in [-0.39, 0.29) is 24.0 Å². The predicted molar refractivity (Wildman–Crippen MR) is 138 cm³/mol. The van der Waals surface area contributed by atoms with Crippen LogP contribution >= 0.6 is 0 Å². The van der Waals surface area contributed by atoms with E-state index in [1.165, 1.54) is 4.90 Å². The number of amides is 1. The second kappa shape index (κ2) is 11.2. The fourth-order valence-electron chi connectivity index (χ4n) is 4.33. The van der Waals surface area contributed by atoms with Crippen molar-refractivity contribution >= 4 is 17.4 Å². The third kappa shape index (κ3) is 5.50. The molecule has 1 aliphatic heterocycles. The number of aryl methyl sites for hydroxylation is 1. The second-order valence-corrected chi connectivity index (χ2v) is 9.08. The van der Waals surface area contributed by atoms with Gasteiger partial charge in [0.15, 0.2) is 0 Å². The molecule has 1 fully saturated rings. The van der Waals surface area contributed by atoms with Crippen LogP contribution in [0.15, 0.2) is 84.4 Å². The Kier molecular flexibility index (Phi) is 7.86. The summed E-state index contributed by atoms with van der Waals surface area (Å²) < 4.78 is 11.6. The van der Waals surface area contributed by atoms with Gasteiger partial charge in [-0.2, -0.15) is 0 Å². The third-order valence-electron chi connectivity index (χ3n) is 6.12. The zero-order valence-corrected chi connectivity index (χ0v) is 20.8. The van der Waals surface area contributed by atoms with Crippen LogP contribution in [-0.4, -0.2) is 41.0 Å². The van der Waals surface area contributed by atoms with Gasteiger partial charge in [-0.05, 0) is 55.7 Å². The molecule has 1 N–H and O–H groups in total. The van der Waals surface area contributed by atoms with Crippen LogP contribution in [0.25, 0.3) is 5.76 Å². The first kappa shape index (κ1) is 25.2. The summed E-state index contributed by atoms with van der Waals surface area (Å²) in [6.07, 6.45) is 0.00240. The summed E-state index contributed by atoms with van der Waals surface area (Å²) in [5, 5.41) is 11.3. The lowest BCUT2D eigenvalue weighted by Crippen LogP contribution is -2.33. The molecule has 0 bridgehead atoms. The highest BCUT2D eigenvalue weighted by atomic mass is 16.5. The van der Waals surface area contributed by atoms with Gasteiger partial charge >= 0.3 is 0 Å². The van der Waals surface area contributed by atoms with Crippen molar-refractivity contribution in [3.8, 4) is 5.75 Å². The van der Waals surface area contributed by atoms with Gasteiger partial charge in [0, 0.05) is 12.1 Å². The molecule has 1 amide bonds. The minimum Gasteiger partial charge on any atom is -0.507 e. The monoisotopic (exact) mass is 485 g/mol. The summed E-state index contributed by atoms with van der Waals surface area (Å²) in [5.41, 5.74) is 3.14. The van der Waals surface area contributed by atoms with Gasteiger partial charge in [-0.1, -0.05) is 60.7 Å². The highest BCUT2D eigenvalue weighted by molar-refractivity contribution is 6.46. The number of ketones is 1. The topological polar surface area (TPSA) is 76.1 Å². The van der Waals surface area contributed by atoms with E-state index >= 15 is 0 Å². The van der Waals surface area contributed by atoms with Crippen molar-refractivity contribution in [2.45, 2.75) is 39.5 Å². The first-order valence-electron chi connectivity index (χ1n) is 12.1. The zero-order chi connectivity index (χ0) is 25.7. The lowest BCUT2D eigenvalue weighted by Gasteiger charge is -2.25. The van der Waals surface area contributed by atoms with Crippen LogP contribution in [-0.2, 0) is 20.9 Å². The standard InChI is InChI=1S/C30H31NO5/c1-20(2)35-17-16-31-27(23-12-8-5-9-13-23)26(29(33)30(31)34)28(32)24-14-15-25(21(3)18-24)36-19-22-10-6-4-7-11-22/h4-15,18,20,27,32H,16-17,19H2,1-3H3/b28-26-. The van der Waals surface area contributed by atoms with E-state index in [2.05, 4.69) is 0 Å². The molecule has 1 aliphatic rings. The molecular formula is C30H31NO5. The van der Waals surface area contributed by atoms with Crippen molar-refractivity contribution in [1.29, 1.82) is 0 Å². The maximum absolute atomic E-state index is 13.1. The van der Waals surface area contributed by atoms with Gasteiger partial charge in [-0.25, -0.2) is 0 Å². The Hall–Kier alpha value is -3.90. The molecule has 36 heavy (non-hydrogen) atoms. The van der Waals surface area contributed by atoms with E-state index in [1.807, 2.05) is 81.4 Å². The van der Waals surface area contributed by atoms with Gasteiger partial charge in [-0.15, -0.1) is 0 Å². The van der Waals surface area contributed by atoms with Crippen molar-refractivity contribution in [2.75, 3.05) is 13.2 Å². The normalized spacial score (nSPS) is 17.1. The van der Waals surface area contributed by atoms with Crippen LogP contribution in [0.5, 0.6) is 5.75 Å². The largest absolute Gasteiger partial charge is 0.507 e. The molecule has 4 rings (SSSR count). The number of likely N-dealkylation sites (tertiary alicyclic amines) is 1. The van der Waals surface area contributed by atoms with Crippen molar-refractivity contribution in [3.05, 3.63) is 107 Å². The van der Waals surface area contributed by atoms with E-state index in [4.69, 9.17) is 9.47 Å². The molecule has 186 valence electrons. The number of rotatable bonds is 9. The summed E-state index contributed by atoms with van der Waals surface area (Å²) in [5.74, 6) is -0.862. The summed E-state index contributed by atoms with van der Waals surface area (Å²) in [6, 6.07) is 23.7. The number of nitrogens with zero attached hydrogens (tertiary/aromatic N) is 1. The molecule has 3 aromatic carbocycles. The zero-order valence-electron chi connectivity index (χ0n) is 20.8. The highest BCUT2D eigenvalue weighted by Crippen LogP contribution is 2.39. The lowest BCUT2D eigenvalue weighted by molar-refractivity contribution is -0.140. The first-order valence-corrected chi connectivity index (χ1v) is 12.1. The van der Waals surface area contributed by atoms with Gasteiger partial charge in [0.05, 0.1) is 24.3 Å². The predicted octanol–water partition coefficient (Wildman–Crippen LogP) is 5.42. The summed E-state index contributed by atoms with van der Waals surface area (Å²) in [6.45, 7) is 6.67. The van der Waals surface area contributed by atoms with Gasteiger partial charge in [0.2, 0.25) is 0 Å². The molecule has 1 saturated heterocycles. The maximum atomic E-state index is 13.1. The fraction of sp³-hybridized carbons (Fsp3) is 0.267. The molecule has 0 saturated carbocycles. The molecule has 0 aliphatic carbocycles. The third-order valence-corrected chi connectivity index (χ3v) is 6.12. The molecular weight excluding hydrogens is 454 g/mol. The van der Waals surface area contributed by atoms with Gasteiger partial charge in [0.25, 0.3) is 11.7 Å². The number of carbonyl (C=O) groups excluding carboxylic acids is 2. The van der Waals surface area contributed by atoms with E-state index < -0.39 is 17.7 Å². The molecule has 1 unspecified atom stereocenters. The molecule has 6 nitrogen and oxygen atoms in total. The van der Waals surface area contributed by atoms with E-state index in [0.717, 1.165) is 16.7 Å². The van der Waals surface area contributed by atoms with Crippen molar-refractivity contribution in [3.63, 3.8) is 0 Å². The fourth-order valence-corrected chi connectivity index (χ4v) is 4.33. The van der Waals surface area contributed by atoms with Gasteiger partial charge in [0.1, 0.15) is 18.1 Å². The maximum Gasteiger partial charge on any atom is 0.295 e. The summed E-state index contributed by atoms with van der Waals surface area (Å²) in [4.78, 5) is 27.6. The van der Waals surface area contributed by atoms with Crippen LogP contribution in [0, 0.1) is 6.92 Å². The van der Waals surface area contributed by atoms with E-state index in [1.54, 1.807) is 18.2 Å². The Morgan fingerprint density at radius 1 is 0.972 bits per heavy atom. The average Bonchev–Trinajstić information content (AvgIpc) is 3.13. The van der Waals surface area contributed by atoms with E-state index in [9.17, 15) is 14.7 Å². The van der Waals surface area contributed by atoms with Gasteiger partial charge < -0.3 is 19.5 Å². The molecule has 3 aromatic rings. The number of aliphatic hydroxyl groups excluding tert-OH is 1. The number of Topliss-reactive ketones (excluding diaryl/α,β-unsaturated/α-hetero) is 1. The molecule has 6 heteroatoms. The number of benzene rings is 3. The Morgan fingerprint density at radius 3 is 2.28 bits per heavy atom. The van der Waals surface area contributed by atoms with Crippen LogP contribution in [0.4, 0.5) is 0 Å². The van der Waals surface area contributed by atoms with E-state index in [0.29, 0.717) is 24.5 Å². The number of hydrogen-bond donors (Lipinski definition) is 1. The molecule has 0 aromatic heterocycles. The van der Waals surface area contributed by atoms with Crippen molar-refractivity contribution in [2.24, 2.45) is 0 Å². The molecule has 0 radical (unpaired) electrons. The minimum absolute atomic E-state index is 0.00240. The smallest absolute Gasteiger partial charge is 0.295 e. The summed E-state index contributed by atoms with van der Waals surface area (Å²) in [7, 11) is 0. The Labute approximate surface area is 211 Å². The summed E-state index contributed by atoms with van der Waals surface area (Å²) >= 11 is 0. The van der Waals surface area contributed by atoms with Gasteiger partial charge in [-0.3, -0.25) is 9.59 Å². The van der Waals surface area contributed by atoms with Crippen LogP contribution in [0.1, 0.15) is 42.1 Å². The Balaban J connectivity index is 1.66. The van der Waals surface area contributed by atoms with Crippen LogP contribution in [0.3, 0.4) is 0 Å². The number of carbonyl (C=O) groups is 2. The van der Waals surface area contributed by atoms with Crippen molar-refractivity contribution in [1.82, 2.24) is 4.90 Å². The van der Waals surface area contributed by atoms with Crippen LogP contribution < -0.4 is 4.74 Å². The first-order chi connectivity index (χ1) is 17.4. The van der Waals surface area contributed by atoms with Crippen molar-refractivity contribution < 1.29 is 24.2 Å². The molecule has 1 heterocycles. The van der Waals surface area contributed by atoms with Crippen LogP contribution in [0.2, 0.25) is 0 Å². The number of ether oxygens (including phenoxy) is 2. The number of hydrogen-bond acceptors (Lipinski definition) is 5. The molecule has 1 atom stereocenters. The number of aliphatic hydroxyl groups is 1. The Morgan fingerprint density at radius 2 is 1.64 bits per heavy atom. The molecule has 0 spiro atoms. The average molecular weight is 486 g/mol. The highest BCUT2D eigenvalue weighted by Gasteiger charge is 2.45. The minimum atomic E-state index is -0.701. The lowest BCUT2D eigenvalue weighted by atomic mass is 9.95.